The highest BCUT2D eigenvalue weighted by Gasteiger charge is 2.38. The van der Waals surface area contributed by atoms with Crippen molar-refractivity contribution in [3.63, 3.8) is 0 Å². The van der Waals surface area contributed by atoms with Crippen LogP contribution in [0.25, 0.3) is 32.9 Å². The quantitative estimate of drug-likeness (QED) is 0.126. The second kappa shape index (κ2) is 15.0. The van der Waals surface area contributed by atoms with Crippen LogP contribution < -0.4 is 14.4 Å². The molecule has 1 unspecified atom stereocenters. The summed E-state index contributed by atoms with van der Waals surface area (Å²) < 4.78 is 16.5. The maximum atomic E-state index is 15.3. The summed E-state index contributed by atoms with van der Waals surface area (Å²) in [4.78, 5) is 32.6. The number of ether oxygens (including phenoxy) is 2. The van der Waals surface area contributed by atoms with E-state index in [1.165, 1.54) is 6.20 Å². The van der Waals surface area contributed by atoms with Crippen LogP contribution in [0.5, 0.6) is 11.5 Å². The largest absolute Gasteiger partial charge is 0.494 e. The van der Waals surface area contributed by atoms with Crippen molar-refractivity contribution in [2.24, 2.45) is 7.05 Å². The number of benzene rings is 4. The van der Waals surface area contributed by atoms with E-state index in [0.717, 1.165) is 66.4 Å². The Morgan fingerprint density at radius 3 is 2.35 bits per heavy atom. The van der Waals surface area contributed by atoms with Gasteiger partial charge in [-0.2, -0.15) is 5.10 Å². The molecule has 8 rings (SSSR count). The molecule has 0 fully saturated rings. The van der Waals surface area contributed by atoms with E-state index in [4.69, 9.17) is 37.8 Å². The normalized spacial score (nSPS) is 14.1. The molecule has 0 saturated carbocycles. The van der Waals surface area contributed by atoms with Crippen LogP contribution in [0.1, 0.15) is 73.9 Å². The summed E-state index contributed by atoms with van der Waals surface area (Å²) in [6, 6.07) is 20.9. The van der Waals surface area contributed by atoms with E-state index in [2.05, 4.69) is 16.5 Å². The van der Waals surface area contributed by atoms with Crippen LogP contribution in [0.2, 0.25) is 10.0 Å². The molecule has 12 heteroatoms. The van der Waals surface area contributed by atoms with Crippen molar-refractivity contribution in [3.05, 3.63) is 128 Å². The number of hydrogen-bond acceptors (Lipinski definition) is 5. The second-order valence-electron chi connectivity index (χ2n) is 14.9. The zero-order chi connectivity index (χ0) is 40.3. The zero-order valence-electron chi connectivity index (χ0n) is 32.7. The van der Waals surface area contributed by atoms with Gasteiger partial charge < -0.3 is 29.0 Å². The molecule has 1 aliphatic rings. The van der Waals surface area contributed by atoms with Crippen molar-refractivity contribution < 1.29 is 24.2 Å². The fraction of sp³-hybridized carbons (Fsp3) is 0.267. The number of aromatic nitrogens is 4. The molecule has 0 bridgehead atoms. The molecule has 1 atom stereocenters. The molecule has 0 spiro atoms. The molecule has 292 valence electrons. The molecule has 0 aliphatic carbocycles. The van der Waals surface area contributed by atoms with Gasteiger partial charge in [-0.3, -0.25) is 9.48 Å². The number of nitrogens with one attached hydrogen (secondary N) is 1. The van der Waals surface area contributed by atoms with E-state index in [0.29, 0.717) is 59.0 Å². The van der Waals surface area contributed by atoms with Gasteiger partial charge in [-0.15, -0.1) is 0 Å². The highest BCUT2D eigenvalue weighted by molar-refractivity contribution is 6.35. The zero-order valence-corrected chi connectivity index (χ0v) is 34.2. The van der Waals surface area contributed by atoms with Crippen LogP contribution in [-0.4, -0.2) is 49.5 Å². The van der Waals surface area contributed by atoms with Crippen LogP contribution >= 0.6 is 23.2 Å². The summed E-state index contributed by atoms with van der Waals surface area (Å²) in [7, 11) is 1.92. The molecule has 57 heavy (non-hydrogen) atoms. The number of carboxylic acids is 1. The van der Waals surface area contributed by atoms with Gasteiger partial charge in [0.15, 0.2) is 0 Å². The van der Waals surface area contributed by atoms with Crippen LogP contribution in [0.3, 0.4) is 0 Å². The molecule has 3 aromatic heterocycles. The van der Waals surface area contributed by atoms with Crippen molar-refractivity contribution >= 4 is 62.6 Å². The maximum absolute atomic E-state index is 15.3. The van der Waals surface area contributed by atoms with Crippen LogP contribution in [0.15, 0.2) is 72.9 Å². The maximum Gasteiger partial charge on any atom is 0.337 e. The number of aryl methyl sites for hydroxylation is 5. The van der Waals surface area contributed by atoms with Gasteiger partial charge in [0, 0.05) is 64.5 Å². The third kappa shape index (κ3) is 6.70. The minimum Gasteiger partial charge on any atom is -0.494 e. The molecule has 7 aromatic rings. The topological polar surface area (TPSA) is 115 Å². The first-order valence-electron chi connectivity index (χ1n) is 19.0. The monoisotopic (exact) mass is 803 g/mol. The summed E-state index contributed by atoms with van der Waals surface area (Å²) in [6.07, 6.45) is 2.64. The average molecular weight is 805 g/mol. The number of amides is 1. The lowest BCUT2D eigenvalue weighted by Crippen LogP contribution is -2.42. The van der Waals surface area contributed by atoms with Crippen molar-refractivity contribution in [3.8, 4) is 22.6 Å². The standard InChI is InChI=1S/C45H43Cl2N5O5/c1-24-17-30(18-25(2)40(24)47)56-16-10-13-32-33-14-15-36(46)39(38-27(4)49-50(6)28(38)5)42(33)52-26(3)22-51(44(53)43(32)52)37-20-31(57-23-29-11-8-7-9-12-29)19-34-35(45(54)55)21-48-41(34)37/h7-9,11-12,14-15,17-21,26,48H,10,13,16,22-23H2,1-6H3,(H,54,55). The van der Waals surface area contributed by atoms with Gasteiger partial charge in [-0.25, -0.2) is 4.79 Å². The lowest BCUT2D eigenvalue weighted by Gasteiger charge is -2.34. The molecule has 0 radical (unpaired) electrons. The average Bonchev–Trinajstić information content (AvgIpc) is 3.84. The van der Waals surface area contributed by atoms with Crippen LogP contribution in [0.4, 0.5) is 5.69 Å². The molecule has 4 aromatic carbocycles. The fourth-order valence-corrected chi connectivity index (χ4v) is 8.69. The van der Waals surface area contributed by atoms with Gasteiger partial charge in [0.25, 0.3) is 5.91 Å². The summed E-state index contributed by atoms with van der Waals surface area (Å²) >= 11 is 13.6. The minimum atomic E-state index is -1.08. The first kappa shape index (κ1) is 38.2. The Hall–Kier alpha value is -5.71. The van der Waals surface area contributed by atoms with Gasteiger partial charge in [0.1, 0.15) is 23.8 Å². The summed E-state index contributed by atoms with van der Waals surface area (Å²) in [5.74, 6) is -0.0871. The predicted molar refractivity (Wildman–Crippen MR) is 226 cm³/mol. The minimum absolute atomic E-state index is 0.0938. The molecule has 1 amide bonds. The molecular formula is C45H43Cl2N5O5. The number of anilines is 1. The van der Waals surface area contributed by atoms with Gasteiger partial charge in [-0.1, -0.05) is 59.6 Å². The Labute approximate surface area is 340 Å². The Morgan fingerprint density at radius 2 is 1.67 bits per heavy atom. The second-order valence-corrected chi connectivity index (χ2v) is 15.7. The van der Waals surface area contributed by atoms with E-state index in [1.54, 1.807) is 11.0 Å². The molecule has 1 aliphatic heterocycles. The molecular weight excluding hydrogens is 761 g/mol. The number of rotatable bonds is 11. The van der Waals surface area contributed by atoms with E-state index in [9.17, 15) is 9.90 Å². The lowest BCUT2D eigenvalue weighted by molar-refractivity contribution is 0.0698. The number of nitrogens with zero attached hydrogens (tertiary/aromatic N) is 4. The Balaban J connectivity index is 1.26. The van der Waals surface area contributed by atoms with Crippen LogP contribution in [-0.2, 0) is 20.1 Å². The number of fused-ring (bicyclic) bond motifs is 4. The van der Waals surface area contributed by atoms with Gasteiger partial charge in [0.05, 0.1) is 39.6 Å². The highest BCUT2D eigenvalue weighted by Crippen LogP contribution is 2.46. The first-order valence-corrected chi connectivity index (χ1v) is 19.7. The smallest absolute Gasteiger partial charge is 0.337 e. The number of H-pyrrole nitrogens is 1. The number of aromatic carboxylic acids is 1. The first-order chi connectivity index (χ1) is 27.3. The third-order valence-corrected chi connectivity index (χ3v) is 12.0. The van der Waals surface area contributed by atoms with E-state index >= 15 is 4.79 Å². The van der Waals surface area contributed by atoms with Gasteiger partial charge in [-0.05, 0) is 94.0 Å². The van der Waals surface area contributed by atoms with Crippen LogP contribution in [0, 0.1) is 27.7 Å². The molecule has 0 saturated heterocycles. The van der Waals surface area contributed by atoms with E-state index in [1.807, 2.05) is 100 Å². The number of carbonyl (C=O) groups excluding carboxylic acids is 1. The summed E-state index contributed by atoms with van der Waals surface area (Å²) in [5.41, 5.74) is 9.95. The number of hydrogen-bond donors (Lipinski definition) is 2. The predicted octanol–water partition coefficient (Wildman–Crippen LogP) is 10.6. The van der Waals surface area contributed by atoms with Crippen molar-refractivity contribution in [2.75, 3.05) is 18.1 Å². The highest BCUT2D eigenvalue weighted by atomic mass is 35.5. The number of carboxylic acid groups (broad SMARTS) is 1. The van der Waals surface area contributed by atoms with Gasteiger partial charge in [0.2, 0.25) is 0 Å². The molecule has 10 nitrogen and oxygen atoms in total. The van der Waals surface area contributed by atoms with Crippen molar-refractivity contribution in [1.29, 1.82) is 0 Å². The SMILES string of the molecule is Cc1cc(OCCCc2c3n(c4c(-c5c(C)nn(C)c5C)c(Cl)ccc24)C(C)CN(c2cc(OCc4ccccc4)cc4c(C(=O)O)c[nH]c24)C3=O)cc(C)c1Cl. The number of carbonyl (C=O) groups is 2. The van der Waals surface area contributed by atoms with E-state index in [-0.39, 0.29) is 24.1 Å². The Morgan fingerprint density at radius 1 is 0.947 bits per heavy atom. The van der Waals surface area contributed by atoms with Crippen molar-refractivity contribution in [2.45, 2.75) is 60.1 Å². The molecule has 4 heterocycles. The lowest BCUT2D eigenvalue weighted by atomic mass is 9.98. The fourth-order valence-electron chi connectivity index (χ4n) is 8.34. The Kier molecular flexibility index (Phi) is 10.0. The van der Waals surface area contributed by atoms with Gasteiger partial charge >= 0.3 is 5.97 Å². The molecule has 2 N–H and O–H groups in total. The van der Waals surface area contributed by atoms with E-state index < -0.39 is 5.97 Å². The Bertz CT molecular complexity index is 2710. The third-order valence-electron chi connectivity index (χ3n) is 11.1. The summed E-state index contributed by atoms with van der Waals surface area (Å²) in [5, 5.41) is 17.5. The number of aromatic amines is 1. The van der Waals surface area contributed by atoms with Crippen molar-refractivity contribution in [1.82, 2.24) is 19.3 Å². The number of halogens is 2. The summed E-state index contributed by atoms with van der Waals surface area (Å²) in [6.45, 7) is 11.0.